The molecule has 0 saturated heterocycles. The number of unbranched alkanes of at least 4 members (excludes halogenated alkanes) is 1. The second-order valence-corrected chi connectivity index (χ2v) is 12.7. The minimum Gasteiger partial charge on any atom is -0.354 e. The van der Waals surface area contributed by atoms with Crippen molar-refractivity contribution < 1.29 is 18.0 Å². The van der Waals surface area contributed by atoms with E-state index in [0.717, 1.165) is 17.1 Å². The summed E-state index contributed by atoms with van der Waals surface area (Å²) < 4.78 is 28.7. The quantitative estimate of drug-likeness (QED) is 0.197. The Morgan fingerprint density at radius 3 is 2.15 bits per heavy atom. The van der Waals surface area contributed by atoms with Crippen LogP contribution >= 0.6 is 46.4 Å². The molecular formula is C29H31Cl4N3O4S. The van der Waals surface area contributed by atoms with E-state index in [2.05, 4.69) is 5.32 Å². The average Bonchev–Trinajstić information content (AvgIpc) is 2.95. The standard InChI is InChI=1S/C29H31Cl4N3O4S/c1-3-5-16-34-29(38)26(4-2)35(18-22-23(31)12-9-13-24(22)32)28(37)19-36(27-17-20(30)14-15-25(27)33)41(39,40)21-10-7-6-8-11-21/h6-15,17,26H,3-5,16,18-19H2,1-2H3,(H,34,38)/t26-/m1/s1. The van der Waals surface area contributed by atoms with Gasteiger partial charge in [0.15, 0.2) is 0 Å². The minimum absolute atomic E-state index is 0.0209. The largest absolute Gasteiger partial charge is 0.354 e. The van der Waals surface area contributed by atoms with Crippen molar-refractivity contribution in [2.24, 2.45) is 0 Å². The Hall–Kier alpha value is -2.49. The fraction of sp³-hybridized carbons (Fsp3) is 0.310. The summed E-state index contributed by atoms with van der Waals surface area (Å²) in [6.07, 6.45) is 1.90. The number of nitrogens with one attached hydrogen (secondary N) is 1. The van der Waals surface area contributed by atoms with Gasteiger partial charge in [-0.1, -0.05) is 90.9 Å². The molecule has 0 aliphatic heterocycles. The third-order valence-corrected chi connectivity index (χ3v) is 9.43. The van der Waals surface area contributed by atoms with Crippen molar-refractivity contribution in [3.8, 4) is 0 Å². The number of amides is 2. The third kappa shape index (κ3) is 8.30. The number of benzene rings is 3. The molecule has 7 nitrogen and oxygen atoms in total. The van der Waals surface area contributed by atoms with Gasteiger partial charge >= 0.3 is 0 Å². The number of carbonyl (C=O) groups is 2. The van der Waals surface area contributed by atoms with Gasteiger partial charge in [-0.25, -0.2) is 8.42 Å². The number of halogens is 4. The van der Waals surface area contributed by atoms with E-state index >= 15 is 0 Å². The molecule has 0 saturated carbocycles. The van der Waals surface area contributed by atoms with Crippen LogP contribution < -0.4 is 9.62 Å². The summed E-state index contributed by atoms with van der Waals surface area (Å²) in [5, 5.41) is 3.79. The van der Waals surface area contributed by atoms with Crippen LogP contribution in [0.15, 0.2) is 71.6 Å². The lowest BCUT2D eigenvalue weighted by Gasteiger charge is -2.33. The van der Waals surface area contributed by atoms with E-state index in [1.807, 2.05) is 6.92 Å². The maximum atomic E-state index is 14.1. The molecule has 12 heteroatoms. The lowest BCUT2D eigenvalue weighted by atomic mass is 10.1. The summed E-state index contributed by atoms with van der Waals surface area (Å²) in [4.78, 5) is 28.7. The zero-order chi connectivity index (χ0) is 30.2. The molecule has 3 rings (SSSR count). The molecule has 2 amide bonds. The number of hydrogen-bond acceptors (Lipinski definition) is 4. The van der Waals surface area contributed by atoms with E-state index in [4.69, 9.17) is 46.4 Å². The fourth-order valence-corrected chi connectivity index (χ4v) is 6.59. The van der Waals surface area contributed by atoms with Crippen LogP contribution in [0.1, 0.15) is 38.7 Å². The molecule has 0 aliphatic rings. The number of rotatable bonds is 13. The summed E-state index contributed by atoms with van der Waals surface area (Å²) in [7, 11) is -4.29. The first-order valence-electron chi connectivity index (χ1n) is 13.0. The smallest absolute Gasteiger partial charge is 0.264 e. The van der Waals surface area contributed by atoms with Gasteiger partial charge in [0.1, 0.15) is 12.6 Å². The first kappa shape index (κ1) is 33.0. The van der Waals surface area contributed by atoms with Crippen LogP contribution in [0.2, 0.25) is 20.1 Å². The van der Waals surface area contributed by atoms with Crippen molar-refractivity contribution >= 4 is 73.9 Å². The lowest BCUT2D eigenvalue weighted by molar-refractivity contribution is -0.140. The average molecular weight is 659 g/mol. The summed E-state index contributed by atoms with van der Waals surface area (Å²) in [6, 6.07) is 16.0. The number of carbonyl (C=O) groups excluding carboxylic acids is 2. The van der Waals surface area contributed by atoms with Crippen molar-refractivity contribution in [2.45, 2.75) is 50.6 Å². The zero-order valence-corrected chi connectivity index (χ0v) is 26.5. The number of anilines is 1. The van der Waals surface area contributed by atoms with Gasteiger partial charge in [0.25, 0.3) is 10.0 Å². The summed E-state index contributed by atoms with van der Waals surface area (Å²) >= 11 is 25.5. The lowest BCUT2D eigenvalue weighted by Crippen LogP contribution is -2.52. The molecule has 0 radical (unpaired) electrons. The summed E-state index contributed by atoms with van der Waals surface area (Å²) in [5.74, 6) is -1.02. The predicted molar refractivity (Wildman–Crippen MR) is 166 cm³/mol. The van der Waals surface area contributed by atoms with Crippen LogP contribution in [-0.2, 0) is 26.2 Å². The third-order valence-electron chi connectivity index (χ3n) is 6.39. The van der Waals surface area contributed by atoms with E-state index in [-0.39, 0.29) is 39.5 Å². The topological polar surface area (TPSA) is 86.8 Å². The molecule has 3 aromatic carbocycles. The zero-order valence-electron chi connectivity index (χ0n) is 22.6. The molecule has 0 fully saturated rings. The van der Waals surface area contributed by atoms with Crippen LogP contribution in [0, 0.1) is 0 Å². The Kier molecular flexibility index (Phi) is 12.2. The van der Waals surface area contributed by atoms with Gasteiger partial charge in [-0.15, -0.1) is 0 Å². The molecule has 0 heterocycles. The Bertz CT molecular complexity index is 1450. The second-order valence-electron chi connectivity index (χ2n) is 9.21. The van der Waals surface area contributed by atoms with Crippen molar-refractivity contribution in [2.75, 3.05) is 17.4 Å². The second kappa shape index (κ2) is 15.1. The molecule has 1 atom stereocenters. The SMILES string of the molecule is CCCCNC(=O)[C@@H](CC)N(Cc1c(Cl)cccc1Cl)C(=O)CN(c1cc(Cl)ccc1Cl)S(=O)(=O)c1ccccc1. The summed E-state index contributed by atoms with van der Waals surface area (Å²) in [6.45, 7) is 3.41. The van der Waals surface area contributed by atoms with Crippen molar-refractivity contribution in [1.82, 2.24) is 10.2 Å². The van der Waals surface area contributed by atoms with E-state index in [1.54, 1.807) is 43.3 Å². The highest BCUT2D eigenvalue weighted by atomic mass is 35.5. The maximum absolute atomic E-state index is 14.1. The van der Waals surface area contributed by atoms with Gasteiger partial charge in [-0.05, 0) is 55.3 Å². The van der Waals surface area contributed by atoms with Gasteiger partial charge in [0.2, 0.25) is 11.8 Å². The van der Waals surface area contributed by atoms with Crippen LogP contribution in [0.25, 0.3) is 0 Å². The molecule has 0 spiro atoms. The van der Waals surface area contributed by atoms with E-state index < -0.39 is 28.5 Å². The Balaban J connectivity index is 2.10. The fourth-order valence-electron chi connectivity index (χ4n) is 4.19. The molecule has 0 bridgehead atoms. The molecule has 0 aromatic heterocycles. The van der Waals surface area contributed by atoms with E-state index in [0.29, 0.717) is 22.2 Å². The highest BCUT2D eigenvalue weighted by Gasteiger charge is 2.35. The molecule has 220 valence electrons. The van der Waals surface area contributed by atoms with Crippen molar-refractivity contribution in [1.29, 1.82) is 0 Å². The van der Waals surface area contributed by atoms with Gasteiger partial charge in [0, 0.05) is 33.7 Å². The van der Waals surface area contributed by atoms with Gasteiger partial charge in [-0.3, -0.25) is 13.9 Å². The van der Waals surface area contributed by atoms with Crippen LogP contribution in [0.3, 0.4) is 0 Å². The highest BCUT2D eigenvalue weighted by molar-refractivity contribution is 7.92. The Morgan fingerprint density at radius 1 is 0.878 bits per heavy atom. The highest BCUT2D eigenvalue weighted by Crippen LogP contribution is 2.34. The van der Waals surface area contributed by atoms with E-state index in [9.17, 15) is 18.0 Å². The maximum Gasteiger partial charge on any atom is 0.264 e. The van der Waals surface area contributed by atoms with Crippen LogP contribution in [0.5, 0.6) is 0 Å². The molecule has 1 N–H and O–H groups in total. The molecule has 41 heavy (non-hydrogen) atoms. The molecule has 0 unspecified atom stereocenters. The van der Waals surface area contributed by atoms with Gasteiger partial charge < -0.3 is 10.2 Å². The van der Waals surface area contributed by atoms with Gasteiger partial charge in [0.05, 0.1) is 15.6 Å². The normalized spacial score (nSPS) is 12.0. The number of sulfonamides is 1. The Morgan fingerprint density at radius 2 is 1.54 bits per heavy atom. The Labute approximate surface area is 261 Å². The minimum atomic E-state index is -4.29. The van der Waals surface area contributed by atoms with Crippen molar-refractivity contribution in [3.05, 3.63) is 92.4 Å². The van der Waals surface area contributed by atoms with Crippen LogP contribution in [-0.4, -0.2) is 44.3 Å². The van der Waals surface area contributed by atoms with Gasteiger partial charge in [-0.2, -0.15) is 0 Å². The van der Waals surface area contributed by atoms with E-state index in [1.165, 1.54) is 35.2 Å². The first-order valence-corrected chi connectivity index (χ1v) is 16.0. The molecular weight excluding hydrogens is 628 g/mol. The number of hydrogen-bond donors (Lipinski definition) is 1. The summed E-state index contributed by atoms with van der Waals surface area (Å²) in [5.41, 5.74) is 0.454. The number of nitrogens with zero attached hydrogens (tertiary/aromatic N) is 2. The predicted octanol–water partition coefficient (Wildman–Crippen LogP) is 7.22. The first-order chi connectivity index (χ1) is 19.5. The van der Waals surface area contributed by atoms with Crippen LogP contribution in [0.4, 0.5) is 5.69 Å². The molecule has 3 aromatic rings. The molecule has 0 aliphatic carbocycles. The van der Waals surface area contributed by atoms with Crippen molar-refractivity contribution in [3.63, 3.8) is 0 Å². The monoisotopic (exact) mass is 657 g/mol.